The molecule has 0 spiro atoms. The highest BCUT2D eigenvalue weighted by molar-refractivity contribution is 5.62. The van der Waals surface area contributed by atoms with Crippen LogP contribution in [0.3, 0.4) is 0 Å². The molecule has 1 aliphatic heterocycles. The van der Waals surface area contributed by atoms with Gasteiger partial charge in [-0.2, -0.15) is 0 Å². The normalized spacial score (nSPS) is 14.9. The van der Waals surface area contributed by atoms with Crippen molar-refractivity contribution in [3.8, 4) is 11.4 Å². The summed E-state index contributed by atoms with van der Waals surface area (Å²) in [5.41, 5.74) is 3.56. The van der Waals surface area contributed by atoms with Crippen LogP contribution in [-0.4, -0.2) is 48.1 Å². The molecule has 3 aromatic rings. The van der Waals surface area contributed by atoms with Crippen molar-refractivity contribution in [2.75, 3.05) is 43.4 Å². The van der Waals surface area contributed by atoms with Crippen LogP contribution in [0.2, 0.25) is 0 Å². The van der Waals surface area contributed by atoms with Crippen LogP contribution in [0.15, 0.2) is 60.7 Å². The number of benzene rings is 2. The minimum Gasteiger partial charge on any atom is -0.366 e. The number of aromatic nitrogens is 2. The van der Waals surface area contributed by atoms with Gasteiger partial charge in [0.15, 0.2) is 5.82 Å². The maximum atomic E-state index is 4.88. The fourth-order valence-corrected chi connectivity index (χ4v) is 3.45. The first-order valence-corrected chi connectivity index (χ1v) is 9.85. The molecule has 0 unspecified atom stereocenters. The summed E-state index contributed by atoms with van der Waals surface area (Å²) in [7, 11) is 2.17. The van der Waals surface area contributed by atoms with Gasteiger partial charge in [-0.05, 0) is 19.5 Å². The van der Waals surface area contributed by atoms with Gasteiger partial charge in [0.05, 0.1) is 0 Å². The van der Waals surface area contributed by atoms with Crippen molar-refractivity contribution in [3.63, 3.8) is 0 Å². The van der Waals surface area contributed by atoms with Gasteiger partial charge in [-0.1, -0.05) is 60.2 Å². The molecule has 1 aliphatic rings. The summed E-state index contributed by atoms with van der Waals surface area (Å²) in [6.45, 7) is 6.94. The Hall–Kier alpha value is -2.92. The number of anilines is 2. The lowest BCUT2D eigenvalue weighted by Crippen LogP contribution is -2.44. The van der Waals surface area contributed by atoms with E-state index in [4.69, 9.17) is 9.97 Å². The summed E-state index contributed by atoms with van der Waals surface area (Å²) in [5.74, 6) is 2.63. The molecule has 2 heterocycles. The predicted molar refractivity (Wildman–Crippen MR) is 116 cm³/mol. The largest absolute Gasteiger partial charge is 0.366 e. The average Bonchev–Trinajstić information content (AvgIpc) is 2.73. The number of hydrogen-bond donors (Lipinski definition) is 1. The lowest BCUT2D eigenvalue weighted by Gasteiger charge is -2.33. The Bertz CT molecular complexity index is 917. The molecule has 144 valence electrons. The molecular formula is C23H27N5. The number of nitrogens with one attached hydrogen (secondary N) is 1. The van der Waals surface area contributed by atoms with Crippen LogP contribution in [0.1, 0.15) is 11.1 Å². The second-order valence-corrected chi connectivity index (χ2v) is 7.43. The quantitative estimate of drug-likeness (QED) is 0.737. The Balaban J connectivity index is 1.61. The maximum Gasteiger partial charge on any atom is 0.163 e. The molecule has 0 aliphatic carbocycles. The monoisotopic (exact) mass is 373 g/mol. The first-order valence-electron chi connectivity index (χ1n) is 9.85. The van der Waals surface area contributed by atoms with Gasteiger partial charge in [-0.25, -0.2) is 9.97 Å². The Morgan fingerprint density at radius 2 is 1.68 bits per heavy atom. The summed E-state index contributed by atoms with van der Waals surface area (Å²) >= 11 is 0. The van der Waals surface area contributed by atoms with Crippen LogP contribution in [0, 0.1) is 6.92 Å². The van der Waals surface area contributed by atoms with E-state index < -0.39 is 0 Å². The molecule has 4 rings (SSSR count). The van der Waals surface area contributed by atoms with E-state index in [0.717, 1.165) is 55.7 Å². The van der Waals surface area contributed by atoms with E-state index in [0.29, 0.717) is 0 Å². The highest BCUT2D eigenvalue weighted by Crippen LogP contribution is 2.23. The summed E-state index contributed by atoms with van der Waals surface area (Å²) in [5, 5.41) is 3.50. The molecule has 5 heteroatoms. The lowest BCUT2D eigenvalue weighted by atomic mass is 10.1. The predicted octanol–water partition coefficient (Wildman–Crippen LogP) is 3.82. The van der Waals surface area contributed by atoms with Gasteiger partial charge in [-0.15, -0.1) is 0 Å². The summed E-state index contributed by atoms with van der Waals surface area (Å²) in [4.78, 5) is 14.4. The van der Waals surface area contributed by atoms with Gasteiger partial charge < -0.3 is 15.1 Å². The van der Waals surface area contributed by atoms with Crippen LogP contribution >= 0.6 is 0 Å². The topological polar surface area (TPSA) is 44.3 Å². The van der Waals surface area contributed by atoms with Gasteiger partial charge in [0.1, 0.15) is 11.6 Å². The smallest absolute Gasteiger partial charge is 0.163 e. The molecule has 2 aromatic carbocycles. The standard InChI is InChI=1S/C23H27N5/c1-18-7-6-8-19(15-18)17-24-21-16-22(28-13-11-27(2)12-14-28)26-23(25-21)20-9-4-3-5-10-20/h3-10,15-16H,11-14,17H2,1-2H3,(H,24,25,26). The number of hydrogen-bond acceptors (Lipinski definition) is 5. The van der Waals surface area contributed by atoms with Crippen molar-refractivity contribution in [1.29, 1.82) is 0 Å². The van der Waals surface area contributed by atoms with Crippen LogP contribution in [0.5, 0.6) is 0 Å². The third-order valence-corrected chi connectivity index (χ3v) is 5.13. The molecule has 1 aromatic heterocycles. The minimum absolute atomic E-state index is 0.745. The molecule has 0 amide bonds. The fourth-order valence-electron chi connectivity index (χ4n) is 3.45. The molecule has 0 bridgehead atoms. The summed E-state index contributed by atoms with van der Waals surface area (Å²) < 4.78 is 0. The zero-order chi connectivity index (χ0) is 19.3. The van der Waals surface area contributed by atoms with Gasteiger partial charge in [0.25, 0.3) is 0 Å². The van der Waals surface area contributed by atoms with Crippen molar-refractivity contribution in [3.05, 3.63) is 71.8 Å². The van der Waals surface area contributed by atoms with Crippen molar-refractivity contribution in [2.45, 2.75) is 13.5 Å². The fraction of sp³-hybridized carbons (Fsp3) is 0.304. The van der Waals surface area contributed by atoms with Crippen molar-refractivity contribution in [1.82, 2.24) is 14.9 Å². The Morgan fingerprint density at radius 1 is 0.893 bits per heavy atom. The third kappa shape index (κ3) is 4.49. The summed E-state index contributed by atoms with van der Waals surface area (Å²) in [6, 6.07) is 20.8. The van der Waals surface area contributed by atoms with E-state index in [2.05, 4.69) is 71.6 Å². The number of rotatable bonds is 5. The molecule has 1 N–H and O–H groups in total. The zero-order valence-corrected chi connectivity index (χ0v) is 16.6. The van der Waals surface area contributed by atoms with Crippen LogP contribution < -0.4 is 10.2 Å². The molecule has 5 nitrogen and oxygen atoms in total. The molecule has 0 radical (unpaired) electrons. The molecule has 0 atom stereocenters. The Kier molecular flexibility index (Phi) is 5.53. The van der Waals surface area contributed by atoms with Crippen molar-refractivity contribution >= 4 is 11.6 Å². The van der Waals surface area contributed by atoms with Gasteiger partial charge in [-0.3, -0.25) is 0 Å². The molecule has 1 saturated heterocycles. The SMILES string of the molecule is Cc1cccc(CNc2cc(N3CCN(C)CC3)nc(-c3ccccc3)n2)c1. The number of aryl methyl sites for hydroxylation is 1. The molecule has 1 fully saturated rings. The summed E-state index contributed by atoms with van der Waals surface area (Å²) in [6.07, 6.45) is 0. The van der Waals surface area contributed by atoms with E-state index >= 15 is 0 Å². The Morgan fingerprint density at radius 3 is 2.43 bits per heavy atom. The van der Waals surface area contributed by atoms with E-state index in [1.165, 1.54) is 11.1 Å². The van der Waals surface area contributed by atoms with Crippen LogP contribution in [0.25, 0.3) is 11.4 Å². The molecular weight excluding hydrogens is 346 g/mol. The van der Waals surface area contributed by atoms with Gasteiger partial charge >= 0.3 is 0 Å². The lowest BCUT2D eigenvalue weighted by molar-refractivity contribution is 0.312. The van der Waals surface area contributed by atoms with E-state index in [1.807, 2.05) is 18.2 Å². The first-order chi connectivity index (χ1) is 13.7. The first kappa shape index (κ1) is 18.4. The third-order valence-electron chi connectivity index (χ3n) is 5.13. The van der Waals surface area contributed by atoms with Gasteiger partial charge in [0, 0.05) is 44.4 Å². The Labute approximate surface area is 167 Å². The molecule has 28 heavy (non-hydrogen) atoms. The van der Waals surface area contributed by atoms with E-state index in [9.17, 15) is 0 Å². The van der Waals surface area contributed by atoms with E-state index in [-0.39, 0.29) is 0 Å². The second-order valence-electron chi connectivity index (χ2n) is 7.43. The number of nitrogens with zero attached hydrogens (tertiary/aromatic N) is 4. The van der Waals surface area contributed by atoms with Crippen molar-refractivity contribution < 1.29 is 0 Å². The zero-order valence-electron chi connectivity index (χ0n) is 16.6. The maximum absolute atomic E-state index is 4.88. The van der Waals surface area contributed by atoms with Crippen LogP contribution in [0.4, 0.5) is 11.6 Å². The minimum atomic E-state index is 0.745. The molecule has 0 saturated carbocycles. The second kappa shape index (κ2) is 8.40. The van der Waals surface area contributed by atoms with Crippen LogP contribution in [-0.2, 0) is 6.54 Å². The van der Waals surface area contributed by atoms with Crippen molar-refractivity contribution in [2.24, 2.45) is 0 Å². The number of likely N-dealkylation sites (N-methyl/N-ethyl adjacent to an activating group) is 1. The highest BCUT2D eigenvalue weighted by Gasteiger charge is 2.17. The highest BCUT2D eigenvalue weighted by atomic mass is 15.3. The average molecular weight is 374 g/mol. The van der Waals surface area contributed by atoms with E-state index in [1.54, 1.807) is 0 Å². The number of piperazine rings is 1. The van der Waals surface area contributed by atoms with Gasteiger partial charge in [0.2, 0.25) is 0 Å².